The molecule has 2 saturated heterocycles. The van der Waals surface area contributed by atoms with Crippen molar-refractivity contribution in [2.75, 3.05) is 32.8 Å². The number of ether oxygens (including phenoxy) is 1. The number of aryl methyl sites for hydroxylation is 1. The molecule has 6 heteroatoms. The first kappa shape index (κ1) is 14.1. The second kappa shape index (κ2) is 5.89. The lowest BCUT2D eigenvalue weighted by atomic mass is 10.1. The summed E-state index contributed by atoms with van der Waals surface area (Å²) in [5, 5.41) is 0. The molecule has 0 aliphatic carbocycles. The molecular weight excluding hydrogens is 272 g/mol. The first-order valence-corrected chi connectivity index (χ1v) is 7.40. The fourth-order valence-electron chi connectivity index (χ4n) is 2.88. The first-order valence-electron chi connectivity index (χ1n) is 7.40. The van der Waals surface area contributed by atoms with Crippen LogP contribution in [-0.4, -0.2) is 60.5 Å². The van der Waals surface area contributed by atoms with Crippen molar-refractivity contribution in [2.45, 2.75) is 25.9 Å². The Kier molecular flexibility index (Phi) is 3.96. The fraction of sp³-hybridized carbons (Fsp3) is 0.600. The van der Waals surface area contributed by atoms with Gasteiger partial charge in [-0.15, -0.1) is 0 Å². The van der Waals surface area contributed by atoms with E-state index >= 15 is 0 Å². The number of hydrogen-bond acceptors (Lipinski definition) is 4. The van der Waals surface area contributed by atoms with Gasteiger partial charge in [-0.05, 0) is 25.8 Å². The van der Waals surface area contributed by atoms with Gasteiger partial charge < -0.3 is 19.0 Å². The molecule has 6 nitrogen and oxygen atoms in total. The molecule has 3 heterocycles. The van der Waals surface area contributed by atoms with Crippen molar-refractivity contribution < 1.29 is 18.7 Å². The Morgan fingerprint density at radius 1 is 1.19 bits per heavy atom. The van der Waals surface area contributed by atoms with Gasteiger partial charge in [0.1, 0.15) is 11.9 Å². The average Bonchev–Trinajstić information content (AvgIpc) is 3.17. The van der Waals surface area contributed by atoms with Crippen LogP contribution in [0.5, 0.6) is 0 Å². The number of carbonyl (C=O) groups excluding carboxylic acids is 2. The van der Waals surface area contributed by atoms with Gasteiger partial charge in [-0.1, -0.05) is 0 Å². The van der Waals surface area contributed by atoms with Gasteiger partial charge in [-0.2, -0.15) is 0 Å². The second-order valence-electron chi connectivity index (χ2n) is 5.51. The Labute approximate surface area is 123 Å². The molecule has 0 bridgehead atoms. The number of furan rings is 1. The van der Waals surface area contributed by atoms with E-state index < -0.39 is 0 Å². The highest BCUT2D eigenvalue weighted by molar-refractivity contribution is 5.95. The lowest BCUT2D eigenvalue weighted by Crippen LogP contribution is -2.52. The summed E-state index contributed by atoms with van der Waals surface area (Å²) in [5.41, 5.74) is 0.605. The predicted molar refractivity (Wildman–Crippen MR) is 74.9 cm³/mol. The standard InChI is InChI=1S/C15H20N2O4/c1-11-12(4-10-20-11)14(18)16-5-7-17(8-6-16)15(19)13-3-2-9-21-13/h4,10,13H,2-3,5-9H2,1H3/t13-/m0/s1. The third kappa shape index (κ3) is 2.81. The van der Waals surface area contributed by atoms with Gasteiger partial charge in [0, 0.05) is 32.8 Å². The number of carbonyl (C=O) groups is 2. The van der Waals surface area contributed by atoms with E-state index in [0.717, 1.165) is 12.8 Å². The molecule has 2 aliphatic rings. The zero-order valence-corrected chi connectivity index (χ0v) is 12.2. The van der Waals surface area contributed by atoms with Gasteiger partial charge >= 0.3 is 0 Å². The van der Waals surface area contributed by atoms with E-state index in [2.05, 4.69) is 0 Å². The summed E-state index contributed by atoms with van der Waals surface area (Å²) in [5.74, 6) is 0.683. The fourth-order valence-corrected chi connectivity index (χ4v) is 2.88. The van der Waals surface area contributed by atoms with Crippen LogP contribution in [0.25, 0.3) is 0 Å². The van der Waals surface area contributed by atoms with Crippen LogP contribution in [0.1, 0.15) is 29.0 Å². The Balaban J connectivity index is 1.56. The van der Waals surface area contributed by atoms with Crippen molar-refractivity contribution in [2.24, 2.45) is 0 Å². The number of rotatable bonds is 2. The summed E-state index contributed by atoms with van der Waals surface area (Å²) in [4.78, 5) is 28.2. The lowest BCUT2D eigenvalue weighted by Gasteiger charge is -2.35. The third-order valence-electron chi connectivity index (χ3n) is 4.17. The Morgan fingerprint density at radius 3 is 2.48 bits per heavy atom. The summed E-state index contributed by atoms with van der Waals surface area (Å²) in [6, 6.07) is 1.70. The van der Waals surface area contributed by atoms with Gasteiger partial charge in [-0.3, -0.25) is 9.59 Å². The van der Waals surface area contributed by atoms with Crippen molar-refractivity contribution in [3.8, 4) is 0 Å². The Morgan fingerprint density at radius 2 is 1.90 bits per heavy atom. The van der Waals surface area contributed by atoms with E-state index in [1.807, 2.05) is 4.90 Å². The Bertz CT molecular complexity index is 526. The average molecular weight is 292 g/mol. The molecule has 0 N–H and O–H groups in total. The second-order valence-corrected chi connectivity index (χ2v) is 5.51. The molecule has 1 aromatic heterocycles. The topological polar surface area (TPSA) is 63.0 Å². The molecule has 1 atom stereocenters. The highest BCUT2D eigenvalue weighted by Crippen LogP contribution is 2.17. The zero-order chi connectivity index (χ0) is 14.8. The van der Waals surface area contributed by atoms with Gasteiger partial charge in [0.05, 0.1) is 11.8 Å². The largest absolute Gasteiger partial charge is 0.469 e. The molecule has 2 aliphatic heterocycles. The molecule has 0 spiro atoms. The molecule has 2 fully saturated rings. The molecule has 0 unspecified atom stereocenters. The summed E-state index contributed by atoms with van der Waals surface area (Å²) in [6.45, 7) is 4.71. The van der Waals surface area contributed by atoms with Crippen molar-refractivity contribution in [3.05, 3.63) is 23.7 Å². The summed E-state index contributed by atoms with van der Waals surface area (Å²) >= 11 is 0. The maximum absolute atomic E-state index is 12.4. The maximum atomic E-state index is 12.4. The highest BCUT2D eigenvalue weighted by Gasteiger charge is 2.31. The van der Waals surface area contributed by atoms with Crippen molar-refractivity contribution in [3.63, 3.8) is 0 Å². The van der Waals surface area contributed by atoms with Crippen LogP contribution >= 0.6 is 0 Å². The van der Waals surface area contributed by atoms with E-state index in [0.29, 0.717) is 44.1 Å². The normalized spacial score (nSPS) is 22.6. The van der Waals surface area contributed by atoms with Crippen LogP contribution in [0, 0.1) is 6.92 Å². The maximum Gasteiger partial charge on any atom is 0.257 e. The molecular formula is C15H20N2O4. The zero-order valence-electron chi connectivity index (χ0n) is 12.2. The van der Waals surface area contributed by atoms with Crippen molar-refractivity contribution >= 4 is 11.8 Å². The number of amides is 2. The van der Waals surface area contributed by atoms with E-state index in [1.165, 1.54) is 6.26 Å². The van der Waals surface area contributed by atoms with Crippen LogP contribution in [0.3, 0.4) is 0 Å². The van der Waals surface area contributed by atoms with E-state index in [9.17, 15) is 9.59 Å². The minimum Gasteiger partial charge on any atom is -0.469 e. The number of piperazine rings is 1. The minimum atomic E-state index is -0.275. The molecule has 0 saturated carbocycles. The van der Waals surface area contributed by atoms with Gasteiger partial charge in [0.2, 0.25) is 0 Å². The molecule has 3 rings (SSSR count). The van der Waals surface area contributed by atoms with E-state index in [4.69, 9.17) is 9.15 Å². The smallest absolute Gasteiger partial charge is 0.257 e. The van der Waals surface area contributed by atoms with Crippen LogP contribution < -0.4 is 0 Å². The van der Waals surface area contributed by atoms with E-state index in [-0.39, 0.29) is 17.9 Å². The summed E-state index contributed by atoms with van der Waals surface area (Å²) in [6.07, 6.45) is 3.02. The predicted octanol–water partition coefficient (Wildman–Crippen LogP) is 1.05. The van der Waals surface area contributed by atoms with Crippen molar-refractivity contribution in [1.29, 1.82) is 0 Å². The van der Waals surface area contributed by atoms with Gasteiger partial charge in [-0.25, -0.2) is 0 Å². The van der Waals surface area contributed by atoms with Gasteiger partial charge in [0.15, 0.2) is 0 Å². The molecule has 0 aromatic carbocycles. The molecule has 114 valence electrons. The SMILES string of the molecule is Cc1occc1C(=O)N1CCN(C(=O)[C@@H]2CCCO2)CC1. The molecule has 2 amide bonds. The molecule has 1 aromatic rings. The quantitative estimate of drug-likeness (QED) is 0.817. The van der Waals surface area contributed by atoms with Crippen molar-refractivity contribution in [1.82, 2.24) is 9.80 Å². The van der Waals surface area contributed by atoms with Crippen LogP contribution in [-0.2, 0) is 9.53 Å². The monoisotopic (exact) mass is 292 g/mol. The number of hydrogen-bond donors (Lipinski definition) is 0. The summed E-state index contributed by atoms with van der Waals surface area (Å²) < 4.78 is 10.6. The van der Waals surface area contributed by atoms with Gasteiger partial charge in [0.25, 0.3) is 11.8 Å². The minimum absolute atomic E-state index is 0.0227. The van der Waals surface area contributed by atoms with E-state index in [1.54, 1.807) is 17.9 Å². The first-order chi connectivity index (χ1) is 10.2. The number of nitrogens with zero attached hydrogens (tertiary/aromatic N) is 2. The Hall–Kier alpha value is -1.82. The highest BCUT2D eigenvalue weighted by atomic mass is 16.5. The van der Waals surface area contributed by atoms with Crippen LogP contribution in [0.4, 0.5) is 0 Å². The summed E-state index contributed by atoms with van der Waals surface area (Å²) in [7, 11) is 0. The molecule has 21 heavy (non-hydrogen) atoms. The molecule has 0 radical (unpaired) electrons. The third-order valence-corrected chi connectivity index (χ3v) is 4.17. The lowest BCUT2D eigenvalue weighted by molar-refractivity contribution is -0.142. The van der Waals surface area contributed by atoms with Crippen LogP contribution in [0.15, 0.2) is 16.7 Å². The van der Waals surface area contributed by atoms with Crippen LogP contribution in [0.2, 0.25) is 0 Å².